The van der Waals surface area contributed by atoms with Crippen LogP contribution in [0.25, 0.3) is 0 Å². The highest BCUT2D eigenvalue weighted by Crippen LogP contribution is 2.16. The lowest BCUT2D eigenvalue weighted by Crippen LogP contribution is -2.21. The molecule has 0 rings (SSSR count). The predicted molar refractivity (Wildman–Crippen MR) is 52.3 cm³/mol. The Hall–Kier alpha value is 0.250. The molecule has 11 heavy (non-hydrogen) atoms. The van der Waals surface area contributed by atoms with E-state index in [2.05, 4.69) is 26.1 Å². The van der Waals surface area contributed by atoms with Gasteiger partial charge in [0.25, 0.3) is 0 Å². The molecule has 0 radical (unpaired) electrons. The standard InChI is InChI=1S/C9H20ClN/c1-9(2,3)5-8-11-7-4-6-10/h11H,4-8H2,1-3H3. The number of nitrogens with one attached hydrogen (secondary N) is 1. The molecule has 0 heterocycles. The van der Waals surface area contributed by atoms with Crippen LogP contribution >= 0.6 is 11.6 Å². The second-order valence-corrected chi connectivity index (χ2v) is 4.48. The van der Waals surface area contributed by atoms with E-state index in [1.165, 1.54) is 6.42 Å². The predicted octanol–water partition coefficient (Wildman–Crippen LogP) is 2.64. The molecule has 0 aliphatic heterocycles. The summed E-state index contributed by atoms with van der Waals surface area (Å²) in [5, 5.41) is 3.36. The largest absolute Gasteiger partial charge is 0.317 e. The summed E-state index contributed by atoms with van der Waals surface area (Å²) in [6, 6.07) is 0. The van der Waals surface area contributed by atoms with Crippen LogP contribution in [0.5, 0.6) is 0 Å². The lowest BCUT2D eigenvalue weighted by molar-refractivity contribution is 0.367. The fraction of sp³-hybridized carbons (Fsp3) is 1.00. The van der Waals surface area contributed by atoms with Crippen LogP contribution in [0.2, 0.25) is 0 Å². The Morgan fingerprint density at radius 2 is 1.82 bits per heavy atom. The van der Waals surface area contributed by atoms with E-state index in [4.69, 9.17) is 11.6 Å². The zero-order valence-corrected chi connectivity index (χ0v) is 8.67. The van der Waals surface area contributed by atoms with Gasteiger partial charge >= 0.3 is 0 Å². The minimum absolute atomic E-state index is 0.452. The van der Waals surface area contributed by atoms with E-state index in [1.54, 1.807) is 0 Å². The highest BCUT2D eigenvalue weighted by molar-refractivity contribution is 6.17. The van der Waals surface area contributed by atoms with Crippen LogP contribution in [-0.4, -0.2) is 19.0 Å². The third kappa shape index (κ3) is 10.2. The molecule has 0 atom stereocenters. The van der Waals surface area contributed by atoms with Crippen molar-refractivity contribution in [2.24, 2.45) is 5.41 Å². The van der Waals surface area contributed by atoms with Crippen LogP contribution in [0.1, 0.15) is 33.6 Å². The summed E-state index contributed by atoms with van der Waals surface area (Å²) in [7, 11) is 0. The summed E-state index contributed by atoms with van der Waals surface area (Å²) in [6.07, 6.45) is 2.31. The quantitative estimate of drug-likeness (QED) is 0.503. The van der Waals surface area contributed by atoms with Gasteiger partial charge in [-0.05, 0) is 31.3 Å². The first-order valence-corrected chi connectivity index (χ1v) is 4.86. The molecule has 0 bridgehead atoms. The summed E-state index contributed by atoms with van der Waals surface area (Å²) in [5.74, 6) is 0.766. The maximum absolute atomic E-state index is 5.53. The van der Waals surface area contributed by atoms with Gasteiger partial charge in [0.15, 0.2) is 0 Å². The van der Waals surface area contributed by atoms with Crippen molar-refractivity contribution in [3.05, 3.63) is 0 Å². The fourth-order valence-corrected chi connectivity index (χ4v) is 0.914. The van der Waals surface area contributed by atoms with Gasteiger partial charge in [0.2, 0.25) is 0 Å². The molecule has 0 unspecified atom stereocenters. The Morgan fingerprint density at radius 1 is 1.18 bits per heavy atom. The van der Waals surface area contributed by atoms with E-state index in [-0.39, 0.29) is 0 Å². The normalized spacial score (nSPS) is 12.0. The van der Waals surface area contributed by atoms with Gasteiger partial charge < -0.3 is 5.32 Å². The van der Waals surface area contributed by atoms with E-state index in [0.717, 1.165) is 25.4 Å². The summed E-state index contributed by atoms with van der Waals surface area (Å²) >= 11 is 5.53. The molecule has 68 valence electrons. The van der Waals surface area contributed by atoms with Gasteiger partial charge in [0.1, 0.15) is 0 Å². The van der Waals surface area contributed by atoms with Crippen molar-refractivity contribution in [2.45, 2.75) is 33.6 Å². The van der Waals surface area contributed by atoms with E-state index < -0.39 is 0 Å². The van der Waals surface area contributed by atoms with Crippen LogP contribution in [0, 0.1) is 5.41 Å². The highest BCUT2D eigenvalue weighted by atomic mass is 35.5. The molecular formula is C9H20ClN. The second-order valence-electron chi connectivity index (χ2n) is 4.10. The molecule has 0 spiro atoms. The van der Waals surface area contributed by atoms with Crippen LogP contribution in [-0.2, 0) is 0 Å². The third-order valence-corrected chi connectivity index (χ3v) is 1.81. The number of hydrogen-bond acceptors (Lipinski definition) is 1. The van der Waals surface area contributed by atoms with Gasteiger partial charge in [-0.2, -0.15) is 0 Å². The zero-order chi connectivity index (χ0) is 8.74. The Morgan fingerprint density at radius 3 is 2.27 bits per heavy atom. The molecule has 2 heteroatoms. The molecule has 0 aliphatic carbocycles. The van der Waals surface area contributed by atoms with E-state index >= 15 is 0 Å². The molecule has 0 aliphatic rings. The van der Waals surface area contributed by atoms with Crippen molar-refractivity contribution in [1.82, 2.24) is 5.32 Å². The molecule has 0 fully saturated rings. The van der Waals surface area contributed by atoms with Gasteiger partial charge in [0.05, 0.1) is 0 Å². The first-order valence-electron chi connectivity index (χ1n) is 4.33. The number of halogens is 1. The highest BCUT2D eigenvalue weighted by Gasteiger charge is 2.08. The van der Waals surface area contributed by atoms with Crippen molar-refractivity contribution >= 4 is 11.6 Å². The lowest BCUT2D eigenvalue weighted by atomic mass is 9.92. The first-order chi connectivity index (χ1) is 5.06. The monoisotopic (exact) mass is 177 g/mol. The van der Waals surface area contributed by atoms with Crippen molar-refractivity contribution in [1.29, 1.82) is 0 Å². The smallest absolute Gasteiger partial charge is 0.0235 e. The van der Waals surface area contributed by atoms with Crippen LogP contribution in [0.15, 0.2) is 0 Å². The van der Waals surface area contributed by atoms with Crippen LogP contribution < -0.4 is 5.32 Å². The number of rotatable bonds is 5. The van der Waals surface area contributed by atoms with Crippen LogP contribution in [0.3, 0.4) is 0 Å². The van der Waals surface area contributed by atoms with E-state index in [9.17, 15) is 0 Å². The molecule has 1 nitrogen and oxygen atoms in total. The Kier molecular flexibility index (Phi) is 5.98. The summed E-state index contributed by atoms with van der Waals surface area (Å²) < 4.78 is 0. The van der Waals surface area contributed by atoms with Gasteiger partial charge in [-0.15, -0.1) is 11.6 Å². The first kappa shape index (κ1) is 11.2. The van der Waals surface area contributed by atoms with Crippen molar-refractivity contribution in [2.75, 3.05) is 19.0 Å². The Balaban J connectivity index is 3.02. The zero-order valence-electron chi connectivity index (χ0n) is 7.91. The molecule has 1 N–H and O–H groups in total. The van der Waals surface area contributed by atoms with Gasteiger partial charge in [-0.3, -0.25) is 0 Å². The summed E-state index contributed by atoms with van der Waals surface area (Å²) in [6.45, 7) is 8.95. The number of hydrogen-bond donors (Lipinski definition) is 1. The Labute approximate surface area is 75.5 Å². The van der Waals surface area contributed by atoms with Crippen molar-refractivity contribution < 1.29 is 0 Å². The van der Waals surface area contributed by atoms with E-state index in [1.807, 2.05) is 0 Å². The summed E-state index contributed by atoms with van der Waals surface area (Å²) in [5.41, 5.74) is 0.452. The molecule has 0 aromatic rings. The third-order valence-electron chi connectivity index (χ3n) is 1.54. The lowest BCUT2D eigenvalue weighted by Gasteiger charge is -2.17. The van der Waals surface area contributed by atoms with Crippen molar-refractivity contribution in [3.8, 4) is 0 Å². The average Bonchev–Trinajstić information content (AvgIpc) is 1.85. The number of alkyl halides is 1. The maximum atomic E-state index is 5.53. The molecule has 0 aromatic heterocycles. The topological polar surface area (TPSA) is 12.0 Å². The minimum Gasteiger partial charge on any atom is -0.317 e. The fourth-order valence-electron chi connectivity index (χ4n) is 0.780. The van der Waals surface area contributed by atoms with Crippen molar-refractivity contribution in [3.63, 3.8) is 0 Å². The summed E-state index contributed by atoms with van der Waals surface area (Å²) in [4.78, 5) is 0. The molecular weight excluding hydrogens is 158 g/mol. The minimum atomic E-state index is 0.452. The van der Waals surface area contributed by atoms with Gasteiger partial charge in [-0.25, -0.2) is 0 Å². The Bertz CT molecular complexity index is 86.1. The maximum Gasteiger partial charge on any atom is 0.0235 e. The van der Waals surface area contributed by atoms with E-state index in [0.29, 0.717) is 5.41 Å². The molecule has 0 amide bonds. The second kappa shape index (κ2) is 5.84. The SMILES string of the molecule is CC(C)(C)CCNCCCCl. The molecule has 0 saturated heterocycles. The molecule has 0 saturated carbocycles. The van der Waals surface area contributed by atoms with Crippen LogP contribution in [0.4, 0.5) is 0 Å². The van der Waals surface area contributed by atoms with Gasteiger partial charge in [0, 0.05) is 5.88 Å². The van der Waals surface area contributed by atoms with Gasteiger partial charge in [-0.1, -0.05) is 20.8 Å². The molecule has 0 aromatic carbocycles. The average molecular weight is 178 g/mol.